The molecule has 4 N–H and O–H groups in total. The van der Waals surface area contributed by atoms with Crippen molar-refractivity contribution in [3.8, 4) is 11.1 Å². The highest BCUT2D eigenvalue weighted by Crippen LogP contribution is 2.50. The highest BCUT2D eigenvalue weighted by molar-refractivity contribution is 5.99. The summed E-state index contributed by atoms with van der Waals surface area (Å²) < 4.78 is 0. The lowest BCUT2D eigenvalue weighted by Gasteiger charge is -2.28. The minimum Gasteiger partial charge on any atom is -0.385 e. The topological polar surface area (TPSA) is 84.2 Å². The molecule has 4 rings (SSSR count). The second-order valence-electron chi connectivity index (χ2n) is 8.61. The standard InChI is InChI=1S/C30H31N3O2/c1-2-23(14-10-20-33-28(34)22-12-4-3-5-13-22)32-21-11-19-30(29(31)35)26-17-8-6-15-24(26)25-16-7-9-18-27(25)30/h2-10,12-18,32H,11,19-21H2,1H3,(H2,31,35)(H,33,34)/b14-10-,23-2+. The summed E-state index contributed by atoms with van der Waals surface area (Å²) in [6, 6.07) is 25.3. The fraction of sp³-hybridized carbons (Fsp3) is 0.200. The molecule has 0 heterocycles. The maximum Gasteiger partial charge on any atom is 0.251 e. The van der Waals surface area contributed by atoms with E-state index in [4.69, 9.17) is 5.73 Å². The number of fused-ring (bicyclic) bond motifs is 3. The quantitative estimate of drug-likeness (QED) is 0.300. The maximum absolute atomic E-state index is 12.9. The number of carbonyl (C=O) groups is 2. The number of allylic oxidation sites excluding steroid dienone is 2. The van der Waals surface area contributed by atoms with E-state index in [1.54, 1.807) is 12.1 Å². The fourth-order valence-electron chi connectivity index (χ4n) is 4.86. The third kappa shape index (κ3) is 4.90. The summed E-state index contributed by atoms with van der Waals surface area (Å²) in [6.45, 7) is 3.09. The van der Waals surface area contributed by atoms with Crippen molar-refractivity contribution in [3.05, 3.63) is 119 Å². The molecular formula is C30H31N3O2. The van der Waals surface area contributed by atoms with E-state index in [2.05, 4.69) is 22.8 Å². The van der Waals surface area contributed by atoms with Crippen molar-refractivity contribution < 1.29 is 9.59 Å². The number of rotatable bonds is 10. The van der Waals surface area contributed by atoms with E-state index in [0.29, 0.717) is 25.1 Å². The zero-order valence-electron chi connectivity index (χ0n) is 20.0. The molecule has 0 spiro atoms. The van der Waals surface area contributed by atoms with Crippen molar-refractivity contribution in [3.63, 3.8) is 0 Å². The van der Waals surface area contributed by atoms with Crippen LogP contribution in [0, 0.1) is 0 Å². The zero-order chi connectivity index (χ0) is 24.7. The van der Waals surface area contributed by atoms with Gasteiger partial charge in [0.25, 0.3) is 5.91 Å². The molecule has 3 aromatic carbocycles. The summed E-state index contributed by atoms with van der Waals surface area (Å²) in [7, 11) is 0. The van der Waals surface area contributed by atoms with E-state index in [9.17, 15) is 9.59 Å². The Morgan fingerprint density at radius 1 is 0.857 bits per heavy atom. The number of hydrogen-bond acceptors (Lipinski definition) is 3. The predicted molar refractivity (Wildman–Crippen MR) is 141 cm³/mol. The molecule has 0 radical (unpaired) electrons. The van der Waals surface area contributed by atoms with Gasteiger partial charge >= 0.3 is 0 Å². The molecule has 0 fully saturated rings. The molecule has 0 aliphatic heterocycles. The fourth-order valence-corrected chi connectivity index (χ4v) is 4.86. The average Bonchev–Trinajstić information content (AvgIpc) is 3.19. The van der Waals surface area contributed by atoms with Crippen molar-refractivity contribution >= 4 is 11.8 Å². The maximum atomic E-state index is 12.9. The first kappa shape index (κ1) is 24.0. The van der Waals surface area contributed by atoms with Crippen LogP contribution in [0.25, 0.3) is 11.1 Å². The second-order valence-corrected chi connectivity index (χ2v) is 8.61. The third-order valence-corrected chi connectivity index (χ3v) is 6.57. The van der Waals surface area contributed by atoms with Crippen molar-refractivity contribution in [1.82, 2.24) is 10.6 Å². The average molecular weight is 466 g/mol. The van der Waals surface area contributed by atoms with Crippen LogP contribution < -0.4 is 16.4 Å². The number of carbonyl (C=O) groups excluding carboxylic acids is 2. The molecule has 35 heavy (non-hydrogen) atoms. The van der Waals surface area contributed by atoms with Crippen molar-refractivity contribution in [2.75, 3.05) is 13.1 Å². The molecule has 3 aromatic rings. The van der Waals surface area contributed by atoms with E-state index in [-0.39, 0.29) is 11.8 Å². The molecule has 2 amide bonds. The number of primary amides is 1. The van der Waals surface area contributed by atoms with E-state index >= 15 is 0 Å². The molecule has 0 saturated heterocycles. The summed E-state index contributed by atoms with van der Waals surface area (Å²) in [4.78, 5) is 25.1. The van der Waals surface area contributed by atoms with Crippen LogP contribution in [0.5, 0.6) is 0 Å². The Bertz CT molecular complexity index is 1220. The van der Waals surface area contributed by atoms with Gasteiger partial charge in [0.1, 0.15) is 0 Å². The van der Waals surface area contributed by atoms with Gasteiger partial charge in [-0.3, -0.25) is 9.59 Å². The van der Waals surface area contributed by atoms with Crippen LogP contribution in [0.1, 0.15) is 41.3 Å². The Labute approximate surface area is 206 Å². The largest absolute Gasteiger partial charge is 0.385 e. The van der Waals surface area contributed by atoms with E-state index < -0.39 is 5.41 Å². The minimum absolute atomic E-state index is 0.0980. The number of nitrogens with one attached hydrogen (secondary N) is 2. The molecule has 0 saturated carbocycles. The smallest absolute Gasteiger partial charge is 0.251 e. The van der Waals surface area contributed by atoms with E-state index in [1.165, 1.54) is 0 Å². The lowest BCUT2D eigenvalue weighted by molar-refractivity contribution is -0.122. The normalized spacial score (nSPS) is 13.8. The van der Waals surface area contributed by atoms with Crippen LogP contribution in [0.3, 0.4) is 0 Å². The number of benzene rings is 3. The van der Waals surface area contributed by atoms with Crippen LogP contribution in [0.15, 0.2) is 103 Å². The zero-order valence-corrected chi connectivity index (χ0v) is 20.0. The number of amides is 2. The van der Waals surface area contributed by atoms with Crippen LogP contribution in [0.2, 0.25) is 0 Å². The first-order valence-electron chi connectivity index (χ1n) is 12.0. The third-order valence-electron chi connectivity index (χ3n) is 6.57. The summed E-state index contributed by atoms with van der Waals surface area (Å²) in [6.07, 6.45) is 7.24. The lowest BCUT2D eigenvalue weighted by atomic mass is 9.74. The van der Waals surface area contributed by atoms with Crippen molar-refractivity contribution in [2.24, 2.45) is 5.73 Å². The molecule has 5 nitrogen and oxygen atoms in total. The van der Waals surface area contributed by atoms with Gasteiger partial charge in [-0.2, -0.15) is 0 Å². The molecule has 5 heteroatoms. The van der Waals surface area contributed by atoms with Gasteiger partial charge in [-0.1, -0.05) is 78.9 Å². The number of hydrogen-bond donors (Lipinski definition) is 3. The first-order chi connectivity index (χ1) is 17.1. The first-order valence-corrected chi connectivity index (χ1v) is 12.0. The van der Waals surface area contributed by atoms with Gasteiger partial charge in [-0.25, -0.2) is 0 Å². The summed E-state index contributed by atoms with van der Waals surface area (Å²) in [5.74, 6) is -0.408. The highest BCUT2D eigenvalue weighted by atomic mass is 16.2. The summed E-state index contributed by atoms with van der Waals surface area (Å²) in [5.41, 5.74) is 11.0. The molecule has 1 aliphatic carbocycles. The molecular weight excluding hydrogens is 434 g/mol. The minimum atomic E-state index is -0.817. The number of nitrogens with two attached hydrogens (primary N) is 1. The summed E-state index contributed by atoms with van der Waals surface area (Å²) >= 11 is 0. The summed E-state index contributed by atoms with van der Waals surface area (Å²) in [5, 5.41) is 6.31. The van der Waals surface area contributed by atoms with Crippen molar-refractivity contribution in [2.45, 2.75) is 25.2 Å². The monoisotopic (exact) mass is 465 g/mol. The van der Waals surface area contributed by atoms with Gasteiger partial charge in [0, 0.05) is 24.4 Å². The molecule has 0 bridgehead atoms. The Hall–Kier alpha value is -4.12. The molecule has 1 aliphatic rings. The van der Waals surface area contributed by atoms with Gasteiger partial charge in [0.15, 0.2) is 0 Å². The van der Waals surface area contributed by atoms with Gasteiger partial charge in [-0.15, -0.1) is 0 Å². The van der Waals surface area contributed by atoms with Crippen LogP contribution >= 0.6 is 0 Å². The highest BCUT2D eigenvalue weighted by Gasteiger charge is 2.47. The Morgan fingerprint density at radius 3 is 2.06 bits per heavy atom. The van der Waals surface area contributed by atoms with E-state index in [0.717, 1.165) is 34.4 Å². The molecule has 0 atom stereocenters. The van der Waals surface area contributed by atoms with Gasteiger partial charge in [0.05, 0.1) is 5.41 Å². The molecule has 0 unspecified atom stereocenters. The lowest BCUT2D eigenvalue weighted by Crippen LogP contribution is -2.41. The SMILES string of the molecule is C/C=C(\C=C/CNC(=O)c1ccccc1)NCCCC1(C(N)=O)c2ccccc2-c2ccccc21. The van der Waals surface area contributed by atoms with Crippen molar-refractivity contribution in [1.29, 1.82) is 0 Å². The Morgan fingerprint density at radius 2 is 1.46 bits per heavy atom. The Kier molecular flexibility index (Phi) is 7.46. The van der Waals surface area contributed by atoms with Crippen LogP contribution in [-0.4, -0.2) is 24.9 Å². The van der Waals surface area contributed by atoms with E-state index in [1.807, 2.05) is 79.7 Å². The Balaban J connectivity index is 1.35. The van der Waals surface area contributed by atoms with Gasteiger partial charge < -0.3 is 16.4 Å². The second kappa shape index (κ2) is 10.9. The molecule has 178 valence electrons. The van der Waals surface area contributed by atoms with Crippen LogP contribution in [0.4, 0.5) is 0 Å². The molecule has 0 aromatic heterocycles. The predicted octanol–water partition coefficient (Wildman–Crippen LogP) is 4.70. The van der Waals surface area contributed by atoms with Gasteiger partial charge in [-0.05, 0) is 60.2 Å². The van der Waals surface area contributed by atoms with Crippen LogP contribution in [-0.2, 0) is 10.2 Å². The van der Waals surface area contributed by atoms with Gasteiger partial charge in [0.2, 0.25) is 5.91 Å².